The fourth-order valence-corrected chi connectivity index (χ4v) is 2.87. The van der Waals surface area contributed by atoms with Crippen LogP contribution < -0.4 is 5.43 Å². The van der Waals surface area contributed by atoms with Crippen molar-refractivity contribution >= 4 is 28.9 Å². The number of nitrogens with zero attached hydrogens (tertiary/aromatic N) is 2. The highest BCUT2D eigenvalue weighted by atomic mass is 16.4. The molecule has 3 N–H and O–H groups in total. The van der Waals surface area contributed by atoms with Crippen molar-refractivity contribution in [3.05, 3.63) is 89.6 Å². The van der Waals surface area contributed by atoms with Crippen LogP contribution in [-0.4, -0.2) is 33.4 Å². The third kappa shape index (κ3) is 4.03. The Balaban J connectivity index is 1.44. The number of carboxylic acids is 1. The number of nitrogens with one attached hydrogen (secondary N) is 2. The number of hydrogen-bond donors (Lipinski definition) is 3. The predicted molar refractivity (Wildman–Crippen MR) is 110 cm³/mol. The molecule has 0 spiro atoms. The standard InChI is InChI=1S/C22H16N4O3/c27-21(26-23-13-14-5-7-16(8-6-14)22(28)29)20-12-19(24-25-20)18-10-9-15-3-1-2-4-17(15)11-18/h1-13H,(H,24,25)(H,26,27)(H,28,29). The lowest BCUT2D eigenvalue weighted by molar-refractivity contribution is 0.0696. The van der Waals surface area contributed by atoms with Crippen LogP contribution in [0.4, 0.5) is 0 Å². The van der Waals surface area contributed by atoms with Crippen LogP contribution in [0.15, 0.2) is 77.9 Å². The predicted octanol–water partition coefficient (Wildman–Crippen LogP) is 3.69. The van der Waals surface area contributed by atoms with E-state index in [2.05, 4.69) is 20.7 Å². The molecule has 0 radical (unpaired) electrons. The lowest BCUT2D eigenvalue weighted by atomic mass is 10.1. The molecule has 142 valence electrons. The minimum atomic E-state index is -0.997. The summed E-state index contributed by atoms with van der Waals surface area (Å²) in [6, 6.07) is 21.8. The molecule has 0 bridgehead atoms. The summed E-state index contributed by atoms with van der Waals surface area (Å²) < 4.78 is 0. The second-order valence-corrected chi connectivity index (χ2v) is 6.36. The minimum Gasteiger partial charge on any atom is -0.478 e. The average Bonchev–Trinajstić information content (AvgIpc) is 3.24. The molecular weight excluding hydrogens is 368 g/mol. The number of rotatable bonds is 5. The minimum absolute atomic E-state index is 0.185. The van der Waals surface area contributed by atoms with E-state index in [1.54, 1.807) is 18.2 Å². The van der Waals surface area contributed by atoms with E-state index in [-0.39, 0.29) is 11.3 Å². The van der Waals surface area contributed by atoms with Gasteiger partial charge in [0.25, 0.3) is 5.91 Å². The van der Waals surface area contributed by atoms with E-state index >= 15 is 0 Å². The van der Waals surface area contributed by atoms with Gasteiger partial charge in [0.05, 0.1) is 17.5 Å². The van der Waals surface area contributed by atoms with Crippen LogP contribution in [0.3, 0.4) is 0 Å². The summed E-state index contributed by atoms with van der Waals surface area (Å²) in [7, 11) is 0. The van der Waals surface area contributed by atoms with Gasteiger partial charge in [-0.05, 0) is 40.6 Å². The van der Waals surface area contributed by atoms with Crippen LogP contribution in [-0.2, 0) is 0 Å². The maximum Gasteiger partial charge on any atom is 0.335 e. The number of hydrogen-bond acceptors (Lipinski definition) is 4. The van der Waals surface area contributed by atoms with Crippen molar-refractivity contribution in [2.45, 2.75) is 0 Å². The first-order valence-electron chi connectivity index (χ1n) is 8.81. The van der Waals surface area contributed by atoms with E-state index in [4.69, 9.17) is 5.11 Å². The van der Waals surface area contributed by atoms with Gasteiger partial charge in [-0.1, -0.05) is 48.5 Å². The number of carbonyl (C=O) groups is 2. The maximum atomic E-state index is 12.3. The van der Waals surface area contributed by atoms with E-state index < -0.39 is 11.9 Å². The Kier molecular flexibility index (Phi) is 4.86. The molecule has 0 fully saturated rings. The molecule has 1 amide bonds. The molecule has 0 aliphatic rings. The molecule has 0 saturated carbocycles. The molecule has 7 nitrogen and oxygen atoms in total. The summed E-state index contributed by atoms with van der Waals surface area (Å²) in [6.45, 7) is 0. The van der Waals surface area contributed by atoms with E-state index in [1.807, 2.05) is 42.5 Å². The van der Waals surface area contributed by atoms with Crippen molar-refractivity contribution in [1.82, 2.24) is 15.6 Å². The lowest BCUT2D eigenvalue weighted by Gasteiger charge is -2.00. The van der Waals surface area contributed by atoms with Gasteiger partial charge in [0.15, 0.2) is 0 Å². The van der Waals surface area contributed by atoms with Crippen LogP contribution in [0.5, 0.6) is 0 Å². The number of aromatic carboxylic acids is 1. The van der Waals surface area contributed by atoms with Crippen LogP contribution in [0.2, 0.25) is 0 Å². The summed E-state index contributed by atoms with van der Waals surface area (Å²) in [5.41, 5.74) is 5.12. The summed E-state index contributed by atoms with van der Waals surface area (Å²) in [5, 5.41) is 21.9. The molecule has 7 heteroatoms. The molecule has 3 aromatic carbocycles. The normalized spacial score (nSPS) is 11.0. The van der Waals surface area contributed by atoms with Gasteiger partial charge in [0.2, 0.25) is 0 Å². The maximum absolute atomic E-state index is 12.3. The summed E-state index contributed by atoms with van der Waals surface area (Å²) in [5.74, 6) is -1.42. The molecule has 0 aliphatic carbocycles. The van der Waals surface area contributed by atoms with Gasteiger partial charge >= 0.3 is 5.97 Å². The Morgan fingerprint density at radius 3 is 2.48 bits per heavy atom. The SMILES string of the molecule is O=C(O)c1ccc(C=NNC(=O)c2cc(-c3ccc4ccccc4c3)n[nH]2)cc1. The molecule has 29 heavy (non-hydrogen) atoms. The highest BCUT2D eigenvalue weighted by molar-refractivity contribution is 5.95. The molecule has 1 aromatic heterocycles. The molecule has 0 saturated heterocycles. The van der Waals surface area contributed by atoms with E-state index in [0.717, 1.165) is 16.3 Å². The van der Waals surface area contributed by atoms with Crippen molar-refractivity contribution < 1.29 is 14.7 Å². The molecule has 0 aliphatic heterocycles. The van der Waals surface area contributed by atoms with Crippen LogP contribution in [0, 0.1) is 0 Å². The number of aromatic amines is 1. The zero-order chi connectivity index (χ0) is 20.2. The van der Waals surface area contributed by atoms with Crippen molar-refractivity contribution in [3.8, 4) is 11.3 Å². The molecule has 1 heterocycles. The second-order valence-electron chi connectivity index (χ2n) is 6.36. The Morgan fingerprint density at radius 2 is 1.72 bits per heavy atom. The van der Waals surface area contributed by atoms with Gasteiger partial charge in [-0.3, -0.25) is 9.89 Å². The molecule has 4 rings (SSSR count). The van der Waals surface area contributed by atoms with Gasteiger partial charge in [0, 0.05) is 5.56 Å². The molecular formula is C22H16N4O3. The topological polar surface area (TPSA) is 107 Å². The zero-order valence-electron chi connectivity index (χ0n) is 15.2. The summed E-state index contributed by atoms with van der Waals surface area (Å²) in [4.78, 5) is 23.1. The third-order valence-electron chi connectivity index (χ3n) is 4.41. The number of carbonyl (C=O) groups excluding carboxylic acids is 1. The first-order chi connectivity index (χ1) is 14.1. The smallest absolute Gasteiger partial charge is 0.335 e. The van der Waals surface area contributed by atoms with Crippen molar-refractivity contribution in [2.24, 2.45) is 5.10 Å². The number of carboxylic acid groups (broad SMARTS) is 1. The van der Waals surface area contributed by atoms with Gasteiger partial charge in [-0.25, -0.2) is 10.2 Å². The number of amides is 1. The molecule has 0 unspecified atom stereocenters. The monoisotopic (exact) mass is 384 g/mol. The van der Waals surface area contributed by atoms with E-state index in [0.29, 0.717) is 11.3 Å². The van der Waals surface area contributed by atoms with Gasteiger partial charge in [0.1, 0.15) is 5.69 Å². The Bertz CT molecular complexity index is 1230. The van der Waals surface area contributed by atoms with Gasteiger partial charge in [-0.2, -0.15) is 10.2 Å². The summed E-state index contributed by atoms with van der Waals surface area (Å²) >= 11 is 0. The first kappa shape index (κ1) is 18.1. The van der Waals surface area contributed by atoms with E-state index in [9.17, 15) is 9.59 Å². The number of hydrazone groups is 1. The second kappa shape index (κ2) is 7.77. The third-order valence-corrected chi connectivity index (χ3v) is 4.41. The van der Waals surface area contributed by atoms with E-state index in [1.165, 1.54) is 18.3 Å². The number of fused-ring (bicyclic) bond motifs is 1. The fourth-order valence-electron chi connectivity index (χ4n) is 2.87. The van der Waals surface area contributed by atoms with Crippen molar-refractivity contribution in [2.75, 3.05) is 0 Å². The Morgan fingerprint density at radius 1 is 0.966 bits per heavy atom. The number of aromatic nitrogens is 2. The largest absolute Gasteiger partial charge is 0.478 e. The lowest BCUT2D eigenvalue weighted by Crippen LogP contribution is -2.18. The fraction of sp³-hybridized carbons (Fsp3) is 0. The van der Waals surface area contributed by atoms with Crippen LogP contribution in [0.1, 0.15) is 26.4 Å². The first-order valence-corrected chi connectivity index (χ1v) is 8.81. The highest BCUT2D eigenvalue weighted by Gasteiger charge is 2.11. The summed E-state index contributed by atoms with van der Waals surface area (Å²) in [6.07, 6.45) is 1.43. The molecule has 0 atom stereocenters. The van der Waals surface area contributed by atoms with Crippen LogP contribution in [0.25, 0.3) is 22.0 Å². The van der Waals surface area contributed by atoms with Gasteiger partial charge in [-0.15, -0.1) is 0 Å². The van der Waals surface area contributed by atoms with Crippen molar-refractivity contribution in [1.29, 1.82) is 0 Å². The highest BCUT2D eigenvalue weighted by Crippen LogP contribution is 2.23. The number of H-pyrrole nitrogens is 1. The quantitative estimate of drug-likeness (QED) is 0.360. The van der Waals surface area contributed by atoms with Gasteiger partial charge < -0.3 is 5.11 Å². The van der Waals surface area contributed by atoms with Crippen molar-refractivity contribution in [3.63, 3.8) is 0 Å². The Labute approximate surface area is 165 Å². The Hall–Kier alpha value is -4.26. The molecule has 4 aromatic rings. The number of benzene rings is 3. The zero-order valence-corrected chi connectivity index (χ0v) is 15.2. The van der Waals surface area contributed by atoms with Crippen LogP contribution >= 0.6 is 0 Å². The average molecular weight is 384 g/mol.